The molecule has 10 nitrogen and oxygen atoms in total. The number of rotatable bonds is 3. The molecule has 2 aliphatic heterocycles. The van der Waals surface area contributed by atoms with Crippen molar-refractivity contribution in [3.63, 3.8) is 0 Å². The van der Waals surface area contributed by atoms with Gasteiger partial charge in [0.25, 0.3) is 0 Å². The Labute approximate surface area is 162 Å². The standard InChI is InChI=1S/C17H21N7O3S/c1-13-11-15-18-3-5-23(15)20-16(13)21-6-8-22(9-7-21)28(25,26)14-12-19-24-4-2-10-27-17(14)24/h3,5,11-12H,2,4,6-10H2,1H3. The number of aryl methyl sites for hydroxylation is 2. The van der Waals surface area contributed by atoms with E-state index in [4.69, 9.17) is 4.74 Å². The highest BCUT2D eigenvalue weighted by Gasteiger charge is 2.34. The van der Waals surface area contributed by atoms with Crippen LogP contribution in [0.25, 0.3) is 5.65 Å². The van der Waals surface area contributed by atoms with Gasteiger partial charge in [0, 0.05) is 51.5 Å². The summed E-state index contributed by atoms with van der Waals surface area (Å²) in [6.07, 6.45) is 5.76. The van der Waals surface area contributed by atoms with Crippen molar-refractivity contribution in [3.05, 3.63) is 30.2 Å². The van der Waals surface area contributed by atoms with Gasteiger partial charge in [-0.25, -0.2) is 22.6 Å². The molecule has 0 N–H and O–H groups in total. The molecule has 0 atom stereocenters. The molecule has 0 spiro atoms. The van der Waals surface area contributed by atoms with Crippen LogP contribution in [0.2, 0.25) is 0 Å². The highest BCUT2D eigenvalue weighted by Crippen LogP contribution is 2.30. The number of ether oxygens (including phenoxy) is 1. The van der Waals surface area contributed by atoms with E-state index in [0.717, 1.165) is 23.4 Å². The first kappa shape index (κ1) is 17.4. The Balaban J connectivity index is 1.36. The van der Waals surface area contributed by atoms with Crippen LogP contribution in [0, 0.1) is 6.92 Å². The van der Waals surface area contributed by atoms with Crippen LogP contribution >= 0.6 is 0 Å². The number of sulfonamides is 1. The fourth-order valence-electron chi connectivity index (χ4n) is 3.75. The van der Waals surface area contributed by atoms with E-state index in [1.807, 2.05) is 19.2 Å². The van der Waals surface area contributed by atoms with Gasteiger partial charge in [0.2, 0.25) is 15.9 Å². The second kappa shape index (κ2) is 6.45. The molecule has 0 radical (unpaired) electrons. The minimum Gasteiger partial charge on any atom is -0.477 e. The molecule has 5 rings (SSSR count). The lowest BCUT2D eigenvalue weighted by molar-refractivity contribution is 0.223. The number of hydrogen-bond acceptors (Lipinski definition) is 7. The summed E-state index contributed by atoms with van der Waals surface area (Å²) >= 11 is 0. The largest absolute Gasteiger partial charge is 0.477 e. The van der Waals surface area contributed by atoms with Gasteiger partial charge in [0.05, 0.1) is 12.8 Å². The second-order valence-corrected chi connectivity index (χ2v) is 8.92. The Morgan fingerprint density at radius 3 is 2.79 bits per heavy atom. The van der Waals surface area contributed by atoms with Crippen molar-refractivity contribution in [2.45, 2.75) is 24.8 Å². The lowest BCUT2D eigenvalue weighted by Crippen LogP contribution is -2.49. The predicted molar refractivity (Wildman–Crippen MR) is 101 cm³/mol. The van der Waals surface area contributed by atoms with Gasteiger partial charge in [0.15, 0.2) is 16.4 Å². The molecule has 0 bridgehead atoms. The van der Waals surface area contributed by atoms with Crippen LogP contribution < -0.4 is 9.64 Å². The summed E-state index contributed by atoms with van der Waals surface area (Å²) in [5, 5.41) is 8.80. The number of nitrogens with zero attached hydrogens (tertiary/aromatic N) is 7. The number of hydrogen-bond donors (Lipinski definition) is 0. The minimum absolute atomic E-state index is 0.162. The first-order valence-corrected chi connectivity index (χ1v) is 10.7. The van der Waals surface area contributed by atoms with Gasteiger partial charge in [-0.05, 0) is 18.6 Å². The van der Waals surface area contributed by atoms with Gasteiger partial charge in [-0.1, -0.05) is 0 Å². The molecule has 2 aliphatic rings. The number of aromatic nitrogens is 5. The van der Waals surface area contributed by atoms with E-state index in [0.29, 0.717) is 45.2 Å². The van der Waals surface area contributed by atoms with E-state index in [1.54, 1.807) is 15.4 Å². The summed E-state index contributed by atoms with van der Waals surface area (Å²) in [5.41, 5.74) is 1.82. The smallest absolute Gasteiger partial charge is 0.250 e. The molecule has 11 heteroatoms. The first-order valence-electron chi connectivity index (χ1n) is 9.29. The maximum absolute atomic E-state index is 13.1. The molecule has 0 aliphatic carbocycles. The minimum atomic E-state index is -3.64. The molecule has 3 aromatic heterocycles. The molecule has 3 aromatic rings. The van der Waals surface area contributed by atoms with Crippen LogP contribution in [0.1, 0.15) is 12.0 Å². The van der Waals surface area contributed by atoms with Gasteiger partial charge >= 0.3 is 0 Å². The zero-order valence-corrected chi connectivity index (χ0v) is 16.3. The summed E-state index contributed by atoms with van der Waals surface area (Å²) in [4.78, 5) is 6.53. The third-order valence-corrected chi connectivity index (χ3v) is 7.10. The molecule has 28 heavy (non-hydrogen) atoms. The third-order valence-electron chi connectivity index (χ3n) is 5.22. The molecule has 0 amide bonds. The van der Waals surface area contributed by atoms with Crippen molar-refractivity contribution in [2.75, 3.05) is 37.7 Å². The molecular formula is C17H21N7O3S. The highest BCUT2D eigenvalue weighted by molar-refractivity contribution is 7.89. The van der Waals surface area contributed by atoms with Crippen LogP contribution in [0.3, 0.4) is 0 Å². The molecule has 0 saturated carbocycles. The first-order chi connectivity index (χ1) is 13.5. The average molecular weight is 403 g/mol. The van der Waals surface area contributed by atoms with Crippen molar-refractivity contribution in [2.24, 2.45) is 0 Å². The monoisotopic (exact) mass is 403 g/mol. The van der Waals surface area contributed by atoms with Gasteiger partial charge < -0.3 is 9.64 Å². The fraction of sp³-hybridized carbons (Fsp3) is 0.471. The van der Waals surface area contributed by atoms with Crippen molar-refractivity contribution >= 4 is 21.5 Å². The Kier molecular flexibility index (Phi) is 4.02. The SMILES string of the molecule is Cc1cc2nccn2nc1N1CCN(S(=O)(=O)c2cnn3c2OCCC3)CC1. The van der Waals surface area contributed by atoms with E-state index in [2.05, 4.69) is 20.1 Å². The predicted octanol–water partition coefficient (Wildman–Crippen LogP) is 0.528. The van der Waals surface area contributed by atoms with Gasteiger partial charge in [0.1, 0.15) is 0 Å². The van der Waals surface area contributed by atoms with Crippen LogP contribution in [0.15, 0.2) is 29.6 Å². The second-order valence-electron chi connectivity index (χ2n) is 7.01. The van der Waals surface area contributed by atoms with E-state index in [9.17, 15) is 8.42 Å². The van der Waals surface area contributed by atoms with Crippen LogP contribution in [0.5, 0.6) is 5.88 Å². The Bertz CT molecular complexity index is 1130. The lowest BCUT2D eigenvalue weighted by Gasteiger charge is -2.35. The fourth-order valence-corrected chi connectivity index (χ4v) is 5.24. The summed E-state index contributed by atoms with van der Waals surface area (Å²) in [6, 6.07) is 1.99. The normalized spacial score (nSPS) is 18.2. The summed E-state index contributed by atoms with van der Waals surface area (Å²) < 4.78 is 36.7. The van der Waals surface area contributed by atoms with Crippen molar-refractivity contribution in [1.29, 1.82) is 0 Å². The van der Waals surface area contributed by atoms with Gasteiger partial charge in [-0.3, -0.25) is 0 Å². The molecule has 1 saturated heterocycles. The third kappa shape index (κ3) is 2.73. The zero-order valence-electron chi connectivity index (χ0n) is 15.5. The van der Waals surface area contributed by atoms with Crippen LogP contribution in [0.4, 0.5) is 5.82 Å². The maximum Gasteiger partial charge on any atom is 0.250 e. The number of fused-ring (bicyclic) bond motifs is 2. The number of imidazole rings is 1. The van der Waals surface area contributed by atoms with Gasteiger partial charge in [-0.2, -0.15) is 9.40 Å². The molecular weight excluding hydrogens is 382 g/mol. The Morgan fingerprint density at radius 2 is 1.96 bits per heavy atom. The van der Waals surface area contributed by atoms with Gasteiger partial charge in [-0.15, -0.1) is 5.10 Å². The average Bonchev–Trinajstić information content (AvgIpc) is 3.34. The summed E-state index contributed by atoms with van der Waals surface area (Å²) in [5.74, 6) is 1.21. The maximum atomic E-state index is 13.1. The topological polar surface area (TPSA) is 97.9 Å². The van der Waals surface area contributed by atoms with Crippen molar-refractivity contribution in [3.8, 4) is 5.88 Å². The molecule has 0 aromatic carbocycles. The zero-order chi connectivity index (χ0) is 19.3. The quantitative estimate of drug-likeness (QED) is 0.629. The summed E-state index contributed by atoms with van der Waals surface area (Å²) in [7, 11) is -3.64. The Morgan fingerprint density at radius 1 is 1.14 bits per heavy atom. The number of anilines is 1. The van der Waals surface area contributed by atoms with E-state index in [1.165, 1.54) is 10.5 Å². The highest BCUT2D eigenvalue weighted by atomic mass is 32.2. The lowest BCUT2D eigenvalue weighted by atomic mass is 10.2. The molecule has 1 fully saturated rings. The summed E-state index contributed by atoms with van der Waals surface area (Å²) in [6.45, 7) is 5.10. The molecule has 5 heterocycles. The van der Waals surface area contributed by atoms with Crippen LogP contribution in [-0.4, -0.2) is 69.9 Å². The van der Waals surface area contributed by atoms with E-state index < -0.39 is 10.0 Å². The van der Waals surface area contributed by atoms with Crippen molar-refractivity contribution in [1.82, 2.24) is 28.7 Å². The number of piperazine rings is 1. The van der Waals surface area contributed by atoms with Crippen LogP contribution in [-0.2, 0) is 16.6 Å². The van der Waals surface area contributed by atoms with E-state index in [-0.39, 0.29) is 4.90 Å². The van der Waals surface area contributed by atoms with Crippen molar-refractivity contribution < 1.29 is 13.2 Å². The van der Waals surface area contributed by atoms with E-state index >= 15 is 0 Å². The Hall–Kier alpha value is -2.66. The molecule has 0 unspecified atom stereocenters. The molecule has 148 valence electrons.